The van der Waals surface area contributed by atoms with Gasteiger partial charge in [0, 0.05) is 45.4 Å². The number of benzene rings is 3. The molecule has 4 nitrogen and oxygen atoms in total. The first-order valence-electron chi connectivity index (χ1n) is 10.7. The molecule has 1 saturated heterocycles. The summed E-state index contributed by atoms with van der Waals surface area (Å²) in [5.74, 6) is -0.322. The molecule has 5 rings (SSSR count). The van der Waals surface area contributed by atoms with Crippen molar-refractivity contribution in [2.24, 2.45) is 5.92 Å². The molecule has 0 aliphatic carbocycles. The number of ketones is 1. The minimum atomic E-state index is -3.04. The van der Waals surface area contributed by atoms with Crippen LogP contribution in [0.2, 0.25) is 5.02 Å². The van der Waals surface area contributed by atoms with E-state index in [2.05, 4.69) is 0 Å². The fourth-order valence-electron chi connectivity index (χ4n) is 4.52. The summed E-state index contributed by atoms with van der Waals surface area (Å²) in [6.45, 7) is 0. The van der Waals surface area contributed by atoms with Crippen LogP contribution < -0.4 is 0 Å². The van der Waals surface area contributed by atoms with Gasteiger partial charge in [0.25, 0.3) is 0 Å². The van der Waals surface area contributed by atoms with Crippen molar-refractivity contribution in [3.05, 3.63) is 89.3 Å². The van der Waals surface area contributed by atoms with Gasteiger partial charge in [0.1, 0.15) is 5.82 Å². The van der Waals surface area contributed by atoms with Crippen LogP contribution in [0.15, 0.2) is 72.9 Å². The zero-order valence-corrected chi connectivity index (χ0v) is 19.2. The SMILES string of the molecule is O=C(CC1CCS(=O)(=O)C1)c1ccc2c(-c3ccccc3Cl)cn(-c3ccc(F)cc3)c2c1. The van der Waals surface area contributed by atoms with Crippen LogP contribution in [0.3, 0.4) is 0 Å². The molecule has 33 heavy (non-hydrogen) atoms. The van der Waals surface area contributed by atoms with Gasteiger partial charge >= 0.3 is 0 Å². The highest BCUT2D eigenvalue weighted by atomic mass is 35.5. The average Bonchev–Trinajstić information content (AvgIpc) is 3.33. The first-order chi connectivity index (χ1) is 15.8. The molecule has 1 aliphatic rings. The third-order valence-corrected chi connectivity index (χ3v) is 8.36. The zero-order chi connectivity index (χ0) is 23.2. The highest BCUT2D eigenvalue weighted by Crippen LogP contribution is 2.37. The van der Waals surface area contributed by atoms with E-state index in [1.165, 1.54) is 12.1 Å². The van der Waals surface area contributed by atoms with E-state index in [9.17, 15) is 17.6 Å². The lowest BCUT2D eigenvalue weighted by Gasteiger charge is -2.09. The molecule has 1 atom stereocenters. The molecule has 0 saturated carbocycles. The summed E-state index contributed by atoms with van der Waals surface area (Å²) >= 11 is 6.47. The number of halogens is 2. The molecule has 1 unspecified atom stereocenters. The molecule has 2 heterocycles. The Morgan fingerprint density at radius 1 is 1.03 bits per heavy atom. The van der Waals surface area contributed by atoms with Gasteiger partial charge in [-0.2, -0.15) is 0 Å². The first kappa shape index (κ1) is 21.9. The van der Waals surface area contributed by atoms with E-state index in [1.807, 2.05) is 47.2 Å². The van der Waals surface area contributed by atoms with Gasteiger partial charge in [-0.3, -0.25) is 4.79 Å². The monoisotopic (exact) mass is 481 g/mol. The number of sulfone groups is 1. The van der Waals surface area contributed by atoms with Gasteiger partial charge in [-0.05, 0) is 48.7 Å². The topological polar surface area (TPSA) is 56.1 Å². The number of rotatable bonds is 5. The Kier molecular flexibility index (Phi) is 5.59. The van der Waals surface area contributed by atoms with Crippen LogP contribution in [0, 0.1) is 11.7 Å². The summed E-state index contributed by atoms with van der Waals surface area (Å²) in [6.07, 6.45) is 2.68. The molecule has 4 aromatic rings. The van der Waals surface area contributed by atoms with E-state index >= 15 is 0 Å². The van der Waals surface area contributed by atoms with Crippen LogP contribution in [0.1, 0.15) is 23.2 Å². The third kappa shape index (κ3) is 4.33. The molecule has 0 radical (unpaired) electrons. The van der Waals surface area contributed by atoms with Gasteiger partial charge in [-0.1, -0.05) is 41.9 Å². The Hall–Kier alpha value is -2.96. The van der Waals surface area contributed by atoms with E-state index in [0.29, 0.717) is 17.0 Å². The smallest absolute Gasteiger partial charge is 0.163 e. The Morgan fingerprint density at radius 2 is 1.79 bits per heavy atom. The van der Waals surface area contributed by atoms with E-state index < -0.39 is 9.84 Å². The average molecular weight is 482 g/mol. The van der Waals surface area contributed by atoms with Crippen molar-refractivity contribution in [1.82, 2.24) is 4.57 Å². The van der Waals surface area contributed by atoms with E-state index in [4.69, 9.17) is 11.6 Å². The summed E-state index contributed by atoms with van der Waals surface area (Å²) in [6, 6.07) is 19.2. The summed E-state index contributed by atoms with van der Waals surface area (Å²) < 4.78 is 39.0. The fraction of sp³-hybridized carbons (Fsp3) is 0.192. The Morgan fingerprint density at radius 3 is 2.48 bits per heavy atom. The minimum absolute atomic E-state index is 0.0730. The maximum absolute atomic E-state index is 13.5. The molecule has 0 amide bonds. The highest BCUT2D eigenvalue weighted by Gasteiger charge is 2.29. The van der Waals surface area contributed by atoms with Crippen LogP contribution >= 0.6 is 11.6 Å². The van der Waals surface area contributed by atoms with Gasteiger partial charge in [0.05, 0.1) is 17.0 Å². The molecule has 7 heteroatoms. The Balaban J connectivity index is 1.60. The largest absolute Gasteiger partial charge is 0.316 e. The standard InChI is InChI=1S/C26H21ClFNO3S/c27-24-4-2-1-3-21(24)23-15-29(20-8-6-19(28)7-9-20)25-14-18(5-10-22(23)25)26(30)13-17-11-12-33(31,32)16-17/h1-10,14-15,17H,11-13,16H2. The number of carbonyl (C=O) groups excluding carboxylic acids is 1. The number of fused-ring (bicyclic) bond motifs is 1. The number of hydrogen-bond acceptors (Lipinski definition) is 3. The van der Waals surface area contributed by atoms with Crippen LogP contribution in [-0.2, 0) is 9.84 Å². The number of carbonyl (C=O) groups is 1. The Bertz CT molecular complexity index is 1480. The Labute approximate surface area is 196 Å². The molecule has 1 aliphatic heterocycles. The van der Waals surface area contributed by atoms with Crippen molar-refractivity contribution in [2.45, 2.75) is 12.8 Å². The molecular formula is C26H21ClFNO3S. The number of nitrogens with zero attached hydrogens (tertiary/aromatic N) is 1. The fourth-order valence-corrected chi connectivity index (χ4v) is 6.62. The second-order valence-electron chi connectivity index (χ2n) is 8.50. The summed E-state index contributed by atoms with van der Waals surface area (Å²) in [4.78, 5) is 13.0. The van der Waals surface area contributed by atoms with Crippen molar-refractivity contribution >= 4 is 38.1 Å². The highest BCUT2D eigenvalue weighted by molar-refractivity contribution is 7.91. The number of Topliss-reactive ketones (excluding diaryl/α,β-unsaturated/α-hetero) is 1. The number of aromatic nitrogens is 1. The quantitative estimate of drug-likeness (QED) is 0.324. The van der Waals surface area contributed by atoms with Crippen LogP contribution in [-0.4, -0.2) is 30.3 Å². The lowest BCUT2D eigenvalue weighted by molar-refractivity contribution is 0.0966. The van der Waals surface area contributed by atoms with Crippen molar-refractivity contribution in [3.8, 4) is 16.8 Å². The molecule has 1 aromatic heterocycles. The summed E-state index contributed by atoms with van der Waals surface area (Å²) in [7, 11) is -3.04. The lowest BCUT2D eigenvalue weighted by atomic mass is 9.96. The molecular weight excluding hydrogens is 461 g/mol. The number of hydrogen-bond donors (Lipinski definition) is 0. The minimum Gasteiger partial charge on any atom is -0.316 e. The molecule has 1 fully saturated rings. The van der Waals surface area contributed by atoms with Crippen molar-refractivity contribution < 1.29 is 17.6 Å². The van der Waals surface area contributed by atoms with Gasteiger partial charge < -0.3 is 4.57 Å². The molecule has 168 valence electrons. The van der Waals surface area contributed by atoms with Crippen molar-refractivity contribution in [2.75, 3.05) is 11.5 Å². The van der Waals surface area contributed by atoms with Crippen molar-refractivity contribution in [3.63, 3.8) is 0 Å². The predicted octanol–water partition coefficient (Wildman–Crippen LogP) is 6.10. The van der Waals surface area contributed by atoms with Gasteiger partial charge in [0.2, 0.25) is 0 Å². The van der Waals surface area contributed by atoms with Gasteiger partial charge in [0.15, 0.2) is 15.6 Å². The third-order valence-electron chi connectivity index (χ3n) is 6.20. The van der Waals surface area contributed by atoms with Crippen LogP contribution in [0.25, 0.3) is 27.7 Å². The molecule has 0 N–H and O–H groups in total. The molecule has 0 spiro atoms. The summed E-state index contributed by atoms with van der Waals surface area (Å²) in [5, 5.41) is 1.52. The molecule has 3 aromatic carbocycles. The van der Waals surface area contributed by atoms with E-state index in [-0.39, 0.29) is 35.4 Å². The van der Waals surface area contributed by atoms with Crippen LogP contribution in [0.5, 0.6) is 0 Å². The second kappa shape index (κ2) is 8.43. The maximum atomic E-state index is 13.5. The van der Waals surface area contributed by atoms with Crippen LogP contribution in [0.4, 0.5) is 4.39 Å². The summed E-state index contributed by atoms with van der Waals surface area (Å²) in [5.41, 5.74) is 3.84. The first-order valence-corrected chi connectivity index (χ1v) is 12.9. The second-order valence-corrected chi connectivity index (χ2v) is 11.1. The van der Waals surface area contributed by atoms with Crippen molar-refractivity contribution in [1.29, 1.82) is 0 Å². The normalized spacial score (nSPS) is 17.5. The maximum Gasteiger partial charge on any atom is 0.163 e. The van der Waals surface area contributed by atoms with Gasteiger partial charge in [-0.15, -0.1) is 0 Å². The molecule has 0 bridgehead atoms. The zero-order valence-electron chi connectivity index (χ0n) is 17.7. The van der Waals surface area contributed by atoms with Gasteiger partial charge in [-0.25, -0.2) is 12.8 Å². The lowest BCUT2D eigenvalue weighted by Crippen LogP contribution is -2.10. The van der Waals surface area contributed by atoms with E-state index in [0.717, 1.165) is 27.7 Å². The predicted molar refractivity (Wildman–Crippen MR) is 129 cm³/mol. The van der Waals surface area contributed by atoms with E-state index in [1.54, 1.807) is 18.2 Å².